The number of nitrogens with one attached hydrogen (secondary N) is 8. The molecule has 3 heterocycles. The summed E-state index contributed by atoms with van der Waals surface area (Å²) in [6.45, 7) is 14.5. The number of nitrogens with zero attached hydrogens (tertiary/aromatic N) is 5. The maximum atomic E-state index is 14.5. The van der Waals surface area contributed by atoms with E-state index >= 15 is 0 Å². The molecule has 1 aliphatic heterocycles. The van der Waals surface area contributed by atoms with E-state index in [2.05, 4.69) is 89.3 Å². The van der Waals surface area contributed by atoms with Gasteiger partial charge in [-0.05, 0) is 100 Å². The van der Waals surface area contributed by atoms with Gasteiger partial charge in [0, 0.05) is 95.8 Å². The van der Waals surface area contributed by atoms with E-state index in [0.717, 1.165) is 12.1 Å². The number of carbonyl (C=O) groups is 8. The van der Waals surface area contributed by atoms with E-state index in [1.165, 1.54) is 7.11 Å². The lowest BCUT2D eigenvalue weighted by molar-refractivity contribution is -0.145. The average Bonchev–Trinajstić information content (AvgIpc) is 2.28. The summed E-state index contributed by atoms with van der Waals surface area (Å²) in [5.41, 5.74) is 8.22. The highest BCUT2D eigenvalue weighted by Crippen LogP contribution is 2.30. The van der Waals surface area contributed by atoms with Gasteiger partial charge in [0.25, 0.3) is 0 Å². The summed E-state index contributed by atoms with van der Waals surface area (Å²) in [6.07, 6.45) is 6.87. The Kier molecular flexibility index (Phi) is 30.5. The van der Waals surface area contributed by atoms with Crippen molar-refractivity contribution in [2.24, 2.45) is 23.5 Å². The monoisotopic (exact) mass is 1220 g/mol. The standard InChI is InChI=1S/C62H92N14O10S/c1-12-40(4)56(75(9)54(80)38-66-42(6)55(39(2)3)74(7)8)50(85-10)33-53(79)76-31-19-23-49(76)57(86-11)41(5)58(81)73-48(32-46-21-16-17-29-64-46)59(82)68-34-43-25-27-45(28-26-43)71-60(83)47(22-18-30-65-61(63)84)72-52(78)37-67-51(77)24-15-13-14-20-44-35-69-62(87)70-36-44/h16-17,21,25-29,35-36,39-41,47-50,55-57,66H,6,12-13,15,18-19,22-24,30-34,37-38H2,1-5,7-11H3,(H,67,77)(H,68,82)(H,71,83)(H,72,78)(H,73,81)(H3,63,65,84)(H,69,70,87)/t40-,41+,47-,48-,49-,50+,55?,56?,57+/m0/s1. The fourth-order valence-electron chi connectivity index (χ4n) is 10.8. The van der Waals surface area contributed by atoms with Crippen LogP contribution in [0.3, 0.4) is 0 Å². The van der Waals surface area contributed by atoms with Gasteiger partial charge in [-0.25, -0.2) is 9.78 Å². The van der Waals surface area contributed by atoms with E-state index in [9.17, 15) is 38.4 Å². The SMILES string of the molecule is C=C(NCC(=O)N(C)C([C@@H](C)CC)[C@@H](CC(=O)N1CCC[C@H]1[C@H](OC)[C@@H](C)C(=O)N[C@@H](Cc1ccccn1)C(=O)NCc1ccc(NC(=O)[C@H](CCCNC(N)=O)NC(=O)CNC(=O)CCCC#Cc2cnc(=S)[nH]c2)cc1)OC)C(C(C)C)N(C)C. The number of amides is 9. The highest BCUT2D eigenvalue weighted by molar-refractivity contribution is 7.71. The maximum Gasteiger partial charge on any atom is 0.312 e. The normalized spacial score (nSPS) is 15.6. The number of primary amides is 1. The van der Waals surface area contributed by atoms with Crippen LogP contribution in [0.2, 0.25) is 0 Å². The minimum Gasteiger partial charge on any atom is -0.379 e. The van der Waals surface area contributed by atoms with Crippen molar-refractivity contribution in [2.45, 2.75) is 148 Å². The first-order chi connectivity index (χ1) is 41.5. The number of likely N-dealkylation sites (N-methyl/N-ethyl adjacent to an activating group) is 2. The minimum absolute atomic E-state index is 0.00969. The summed E-state index contributed by atoms with van der Waals surface area (Å²) >= 11 is 4.93. The molecule has 0 saturated carbocycles. The zero-order chi connectivity index (χ0) is 64.2. The number of likely N-dealkylation sites (tertiary alicyclic amines) is 1. The smallest absolute Gasteiger partial charge is 0.312 e. The largest absolute Gasteiger partial charge is 0.379 e. The van der Waals surface area contributed by atoms with Crippen LogP contribution in [0.25, 0.3) is 0 Å². The number of pyridine rings is 1. The van der Waals surface area contributed by atoms with Gasteiger partial charge in [-0.15, -0.1) is 0 Å². The molecule has 2 unspecified atom stereocenters. The fourth-order valence-corrected chi connectivity index (χ4v) is 10.9. The van der Waals surface area contributed by atoms with Crippen molar-refractivity contribution in [1.82, 2.24) is 61.6 Å². The lowest BCUT2D eigenvalue weighted by atomic mass is 9.90. The number of methoxy groups -OCH3 is 2. The van der Waals surface area contributed by atoms with E-state index in [4.69, 9.17) is 27.4 Å². The minimum atomic E-state index is -1.06. The van der Waals surface area contributed by atoms with E-state index in [1.54, 1.807) is 91.9 Å². The third-order valence-electron chi connectivity index (χ3n) is 15.5. The Balaban J connectivity index is 1.37. The molecule has 4 rings (SSSR count). The van der Waals surface area contributed by atoms with Gasteiger partial charge in [0.05, 0.1) is 61.3 Å². The Labute approximate surface area is 517 Å². The van der Waals surface area contributed by atoms with Gasteiger partial charge in [0.15, 0.2) is 4.77 Å². The van der Waals surface area contributed by atoms with Crippen LogP contribution in [0.5, 0.6) is 0 Å². The number of anilines is 1. The lowest BCUT2D eigenvalue weighted by Gasteiger charge is -2.39. The van der Waals surface area contributed by atoms with Crippen LogP contribution in [-0.2, 0) is 56.0 Å². The molecule has 1 fully saturated rings. The number of H-pyrrole nitrogens is 1. The van der Waals surface area contributed by atoms with Crippen LogP contribution >= 0.6 is 12.2 Å². The number of hydrogen-bond donors (Lipinski definition) is 9. The quantitative estimate of drug-likeness (QED) is 0.0230. The van der Waals surface area contributed by atoms with Gasteiger partial charge >= 0.3 is 6.03 Å². The second-order valence-electron chi connectivity index (χ2n) is 22.5. The van der Waals surface area contributed by atoms with Crippen LogP contribution in [0.15, 0.2) is 73.3 Å². The fraction of sp³-hybridized carbons (Fsp3) is 0.565. The summed E-state index contributed by atoms with van der Waals surface area (Å²) in [7, 11) is 8.75. The van der Waals surface area contributed by atoms with Gasteiger partial charge in [-0.2, -0.15) is 0 Å². The molecule has 87 heavy (non-hydrogen) atoms. The van der Waals surface area contributed by atoms with Crippen molar-refractivity contribution in [2.75, 3.05) is 66.9 Å². The molecular weight excluding hydrogens is 1130 g/mol. The number of hydrogen-bond acceptors (Lipinski definition) is 15. The number of aromatic amines is 1. The summed E-state index contributed by atoms with van der Waals surface area (Å²) < 4.78 is 12.4. The van der Waals surface area contributed by atoms with Crippen LogP contribution in [-0.4, -0.2) is 181 Å². The molecule has 1 aromatic carbocycles. The van der Waals surface area contributed by atoms with Gasteiger partial charge in [-0.1, -0.05) is 77.7 Å². The Morgan fingerprint density at radius 1 is 0.874 bits per heavy atom. The highest BCUT2D eigenvalue weighted by atomic mass is 32.1. The predicted molar refractivity (Wildman–Crippen MR) is 334 cm³/mol. The molecule has 0 bridgehead atoms. The maximum absolute atomic E-state index is 14.5. The van der Waals surface area contributed by atoms with E-state index in [-0.39, 0.29) is 87.5 Å². The van der Waals surface area contributed by atoms with E-state index in [0.29, 0.717) is 65.9 Å². The third kappa shape index (κ3) is 23.8. The number of carbonyl (C=O) groups excluding carboxylic acids is 8. The Morgan fingerprint density at radius 2 is 1.61 bits per heavy atom. The molecule has 0 spiro atoms. The Bertz CT molecular complexity index is 2850. The van der Waals surface area contributed by atoms with Crippen molar-refractivity contribution in [3.63, 3.8) is 0 Å². The summed E-state index contributed by atoms with van der Waals surface area (Å²) in [6, 6.07) is 8.23. The first kappa shape index (κ1) is 71.7. The second-order valence-corrected chi connectivity index (χ2v) is 22.8. The van der Waals surface area contributed by atoms with Crippen molar-refractivity contribution in [3.8, 4) is 11.8 Å². The second kappa shape index (κ2) is 37.0. The summed E-state index contributed by atoms with van der Waals surface area (Å²) in [5.74, 6) is 2.51. The zero-order valence-corrected chi connectivity index (χ0v) is 53.0. The molecule has 25 heteroatoms. The van der Waals surface area contributed by atoms with Gasteiger partial charge in [0.1, 0.15) is 12.1 Å². The molecule has 9 amide bonds. The first-order valence-corrected chi connectivity index (χ1v) is 30.1. The highest BCUT2D eigenvalue weighted by Gasteiger charge is 2.42. The van der Waals surface area contributed by atoms with Crippen molar-refractivity contribution >= 4 is 65.3 Å². The number of ether oxygens (including phenoxy) is 2. The molecule has 10 N–H and O–H groups in total. The lowest BCUT2D eigenvalue weighted by Crippen LogP contribution is -2.55. The molecule has 1 saturated heterocycles. The molecule has 0 aliphatic carbocycles. The van der Waals surface area contributed by atoms with Crippen LogP contribution < -0.4 is 43.0 Å². The molecule has 1 aliphatic rings. The molecule has 2 aromatic heterocycles. The number of aromatic nitrogens is 3. The van der Waals surface area contributed by atoms with Crippen LogP contribution in [0.4, 0.5) is 10.5 Å². The third-order valence-corrected chi connectivity index (χ3v) is 15.7. The van der Waals surface area contributed by atoms with Gasteiger partial charge in [0.2, 0.25) is 41.4 Å². The summed E-state index contributed by atoms with van der Waals surface area (Å²) in [5, 5.41) is 19.6. The molecular formula is C62H92N14O10S. The van der Waals surface area contributed by atoms with Crippen LogP contribution in [0.1, 0.15) is 109 Å². The van der Waals surface area contributed by atoms with Crippen molar-refractivity contribution in [3.05, 3.63) is 94.9 Å². The van der Waals surface area contributed by atoms with E-state index < -0.39 is 72.0 Å². The molecule has 476 valence electrons. The molecule has 9 atom stereocenters. The van der Waals surface area contributed by atoms with E-state index in [1.807, 2.05) is 27.9 Å². The number of benzene rings is 1. The zero-order valence-electron chi connectivity index (χ0n) is 52.2. The number of unbranched alkanes of at least 4 members (excludes halogenated alkanes) is 1. The van der Waals surface area contributed by atoms with Crippen molar-refractivity contribution < 1.29 is 47.8 Å². The summed E-state index contributed by atoms with van der Waals surface area (Å²) in [4.78, 5) is 124. The first-order valence-electron chi connectivity index (χ1n) is 29.7. The topological polar surface area (TPSA) is 317 Å². The number of nitrogens with two attached hydrogens (primary N) is 1. The molecule has 24 nitrogen and oxygen atoms in total. The number of urea groups is 1. The predicted octanol–water partition coefficient (Wildman–Crippen LogP) is 3.70. The molecule has 3 aromatic rings. The number of rotatable bonds is 35. The molecule has 0 radical (unpaired) electrons. The Hall–Kier alpha value is -7.79. The van der Waals surface area contributed by atoms with Crippen molar-refractivity contribution in [1.29, 1.82) is 0 Å². The Morgan fingerprint density at radius 3 is 2.23 bits per heavy atom. The van der Waals surface area contributed by atoms with Gasteiger partial charge < -0.3 is 72.1 Å². The van der Waals surface area contributed by atoms with Crippen LogP contribution in [0, 0.1) is 34.4 Å². The van der Waals surface area contributed by atoms with Gasteiger partial charge in [-0.3, -0.25) is 38.5 Å². The average molecular weight is 1230 g/mol.